The molecular weight excluding hydrogens is 949 g/mol. The molecular formula is C71H116O6. The molecule has 0 rings (SSSR count). The van der Waals surface area contributed by atoms with Crippen molar-refractivity contribution >= 4 is 17.9 Å². The van der Waals surface area contributed by atoms with E-state index in [1.54, 1.807) is 0 Å². The topological polar surface area (TPSA) is 78.9 Å². The SMILES string of the molecule is CC/C=C\C/C=C\C/C=C\C/C=C\C/C=C\C/C=C\CCCCCCCCCCCCCCC(=O)OCC(COC(=O)CC/C=C\C/C=C\C/C=C\C/C=C\CC)OC(=O)CCCCCCC/C=C\CCCCCCCC. The highest BCUT2D eigenvalue weighted by atomic mass is 16.6. The molecule has 0 amide bonds. The molecule has 0 aromatic carbocycles. The Kier molecular flexibility index (Phi) is 60.4. The molecule has 0 aliphatic heterocycles. The summed E-state index contributed by atoms with van der Waals surface area (Å²) in [5.41, 5.74) is 0. The third-order valence-electron chi connectivity index (χ3n) is 13.1. The molecule has 6 nitrogen and oxygen atoms in total. The van der Waals surface area contributed by atoms with Gasteiger partial charge in [0, 0.05) is 19.3 Å². The second kappa shape index (κ2) is 64.1. The Morgan fingerprint density at radius 2 is 0.532 bits per heavy atom. The molecule has 6 heteroatoms. The van der Waals surface area contributed by atoms with E-state index in [0.29, 0.717) is 19.3 Å². The van der Waals surface area contributed by atoms with Gasteiger partial charge in [0.25, 0.3) is 0 Å². The summed E-state index contributed by atoms with van der Waals surface area (Å²) in [7, 11) is 0. The van der Waals surface area contributed by atoms with Crippen molar-refractivity contribution in [1.29, 1.82) is 0 Å². The number of carbonyl (C=O) groups is 3. The van der Waals surface area contributed by atoms with Crippen molar-refractivity contribution in [3.63, 3.8) is 0 Å². The molecule has 77 heavy (non-hydrogen) atoms. The van der Waals surface area contributed by atoms with Crippen LogP contribution >= 0.6 is 0 Å². The van der Waals surface area contributed by atoms with Gasteiger partial charge in [0.15, 0.2) is 6.10 Å². The van der Waals surface area contributed by atoms with E-state index in [4.69, 9.17) is 14.2 Å². The number of hydrogen-bond donors (Lipinski definition) is 0. The maximum atomic E-state index is 12.9. The lowest BCUT2D eigenvalue weighted by molar-refractivity contribution is -0.166. The third kappa shape index (κ3) is 62.3. The highest BCUT2D eigenvalue weighted by Crippen LogP contribution is 2.15. The zero-order valence-electron chi connectivity index (χ0n) is 49.9. The van der Waals surface area contributed by atoms with E-state index < -0.39 is 6.10 Å². The first kappa shape index (κ1) is 72.5. The smallest absolute Gasteiger partial charge is 0.306 e. The minimum atomic E-state index is -0.815. The Bertz CT molecular complexity index is 1650. The van der Waals surface area contributed by atoms with Crippen molar-refractivity contribution < 1.29 is 28.6 Å². The normalized spacial score (nSPS) is 13.0. The van der Waals surface area contributed by atoms with Gasteiger partial charge in [-0.25, -0.2) is 0 Å². The number of allylic oxidation sites excluding steroid dienone is 22. The molecule has 436 valence electrons. The molecule has 0 saturated carbocycles. The van der Waals surface area contributed by atoms with Gasteiger partial charge < -0.3 is 14.2 Å². The molecule has 0 spiro atoms. The molecule has 0 bridgehead atoms. The van der Waals surface area contributed by atoms with Crippen LogP contribution in [0, 0.1) is 0 Å². The standard InChI is InChI=1S/C71H116O6/c1-4-7-10-13-16-19-22-25-27-28-29-30-31-32-33-34-35-36-37-38-39-40-41-42-44-46-49-52-55-58-61-64-70(73)76-67-68(66-75-69(72)63-60-57-54-51-48-45-24-21-18-15-12-9-6-3)77-71(74)65-62-59-56-53-50-47-43-26-23-20-17-14-11-8-5-2/h7,9-10,12,16,18-19,21,25-27,29-30,32-33,35-36,43,45,48,54,57,68H,4-6,8,11,13-15,17,20,22-24,28,31,34,37-42,44,46-47,49-53,55-56,58-67H2,1-3H3/b10-7-,12-9-,19-16-,21-18-,27-25-,30-29-,33-32-,36-35-,43-26-,48-45-,57-54-. The third-order valence-corrected chi connectivity index (χ3v) is 13.1. The fraction of sp³-hybridized carbons (Fsp3) is 0.648. The highest BCUT2D eigenvalue weighted by molar-refractivity contribution is 5.71. The lowest BCUT2D eigenvalue weighted by Crippen LogP contribution is -2.30. The molecule has 1 unspecified atom stereocenters. The van der Waals surface area contributed by atoms with E-state index in [0.717, 1.165) is 116 Å². The van der Waals surface area contributed by atoms with Gasteiger partial charge in [-0.05, 0) is 122 Å². The number of unbranched alkanes of at least 4 members (excludes halogenated alkanes) is 23. The molecule has 0 aliphatic rings. The van der Waals surface area contributed by atoms with E-state index in [1.807, 2.05) is 6.08 Å². The first-order valence-electron chi connectivity index (χ1n) is 31.7. The summed E-state index contributed by atoms with van der Waals surface area (Å²) in [6.07, 6.45) is 90.5. The van der Waals surface area contributed by atoms with E-state index in [9.17, 15) is 14.4 Å². The van der Waals surface area contributed by atoms with Crippen LogP contribution in [-0.2, 0) is 28.6 Å². The predicted octanol–water partition coefficient (Wildman–Crippen LogP) is 21.8. The van der Waals surface area contributed by atoms with Gasteiger partial charge >= 0.3 is 17.9 Å². The summed E-state index contributed by atoms with van der Waals surface area (Å²) in [4.78, 5) is 38.2. The number of carbonyl (C=O) groups excluding carboxylic acids is 3. The van der Waals surface area contributed by atoms with Crippen LogP contribution in [0.4, 0.5) is 0 Å². The van der Waals surface area contributed by atoms with Gasteiger partial charge in [0.1, 0.15) is 13.2 Å². The Morgan fingerprint density at radius 3 is 0.883 bits per heavy atom. The number of hydrogen-bond acceptors (Lipinski definition) is 6. The van der Waals surface area contributed by atoms with Crippen LogP contribution < -0.4 is 0 Å². The summed E-state index contributed by atoms with van der Waals surface area (Å²) in [6.45, 7) is 6.34. The lowest BCUT2D eigenvalue weighted by Gasteiger charge is -2.18. The van der Waals surface area contributed by atoms with E-state index in [2.05, 4.69) is 148 Å². The van der Waals surface area contributed by atoms with Gasteiger partial charge in [0.05, 0.1) is 0 Å². The Balaban J connectivity index is 4.29. The quantitative estimate of drug-likeness (QED) is 0.0261. The minimum absolute atomic E-state index is 0.107. The Hall–Kier alpha value is -4.45. The van der Waals surface area contributed by atoms with E-state index in [1.165, 1.54) is 116 Å². The van der Waals surface area contributed by atoms with Gasteiger partial charge in [0.2, 0.25) is 0 Å². The number of rotatable bonds is 56. The van der Waals surface area contributed by atoms with E-state index >= 15 is 0 Å². The van der Waals surface area contributed by atoms with Crippen LogP contribution in [0.1, 0.15) is 278 Å². The second-order valence-electron chi connectivity index (χ2n) is 20.5. The molecule has 0 aromatic heterocycles. The fourth-order valence-corrected chi connectivity index (χ4v) is 8.45. The first-order valence-corrected chi connectivity index (χ1v) is 31.7. The summed E-state index contributed by atoms with van der Waals surface area (Å²) < 4.78 is 16.8. The average molecular weight is 1070 g/mol. The molecule has 0 aliphatic carbocycles. The maximum absolute atomic E-state index is 12.9. The molecule has 0 aromatic rings. The van der Waals surface area contributed by atoms with Crippen molar-refractivity contribution in [2.45, 2.75) is 284 Å². The largest absolute Gasteiger partial charge is 0.462 e. The van der Waals surface area contributed by atoms with Crippen LogP contribution in [0.15, 0.2) is 134 Å². The zero-order valence-corrected chi connectivity index (χ0v) is 49.9. The highest BCUT2D eigenvalue weighted by Gasteiger charge is 2.19. The molecule has 0 fully saturated rings. The van der Waals surface area contributed by atoms with Crippen LogP contribution in [-0.4, -0.2) is 37.2 Å². The molecule has 1 atom stereocenters. The van der Waals surface area contributed by atoms with Gasteiger partial charge in [-0.3, -0.25) is 14.4 Å². The summed E-state index contributed by atoms with van der Waals surface area (Å²) >= 11 is 0. The first-order chi connectivity index (χ1) is 38.0. The monoisotopic (exact) mass is 1060 g/mol. The predicted molar refractivity (Wildman–Crippen MR) is 334 cm³/mol. The molecule has 0 radical (unpaired) electrons. The van der Waals surface area contributed by atoms with E-state index in [-0.39, 0.29) is 37.5 Å². The Labute approximate surface area is 475 Å². The minimum Gasteiger partial charge on any atom is -0.462 e. The van der Waals surface area contributed by atoms with Gasteiger partial charge in [-0.1, -0.05) is 270 Å². The van der Waals surface area contributed by atoms with Crippen LogP contribution in [0.2, 0.25) is 0 Å². The summed E-state index contributed by atoms with van der Waals surface area (Å²) in [6, 6.07) is 0. The number of ether oxygens (including phenoxy) is 3. The molecule has 0 saturated heterocycles. The van der Waals surface area contributed by atoms with Crippen LogP contribution in [0.5, 0.6) is 0 Å². The average Bonchev–Trinajstić information content (AvgIpc) is 3.43. The molecule has 0 heterocycles. The van der Waals surface area contributed by atoms with Crippen LogP contribution in [0.3, 0.4) is 0 Å². The zero-order chi connectivity index (χ0) is 55.7. The van der Waals surface area contributed by atoms with Crippen LogP contribution in [0.25, 0.3) is 0 Å². The summed E-state index contributed by atoms with van der Waals surface area (Å²) in [5, 5.41) is 0. The maximum Gasteiger partial charge on any atom is 0.306 e. The Morgan fingerprint density at radius 1 is 0.273 bits per heavy atom. The van der Waals surface area contributed by atoms with Crippen molar-refractivity contribution in [1.82, 2.24) is 0 Å². The van der Waals surface area contributed by atoms with Gasteiger partial charge in [-0.15, -0.1) is 0 Å². The van der Waals surface area contributed by atoms with Crippen molar-refractivity contribution in [2.75, 3.05) is 13.2 Å². The number of esters is 3. The molecule has 0 N–H and O–H groups in total. The lowest BCUT2D eigenvalue weighted by atomic mass is 10.0. The van der Waals surface area contributed by atoms with Crippen molar-refractivity contribution in [2.24, 2.45) is 0 Å². The van der Waals surface area contributed by atoms with Crippen molar-refractivity contribution in [3.8, 4) is 0 Å². The summed E-state index contributed by atoms with van der Waals surface area (Å²) in [5.74, 6) is -1.00. The fourth-order valence-electron chi connectivity index (χ4n) is 8.45. The second-order valence-corrected chi connectivity index (χ2v) is 20.5. The van der Waals surface area contributed by atoms with Crippen molar-refractivity contribution in [3.05, 3.63) is 134 Å². The van der Waals surface area contributed by atoms with Gasteiger partial charge in [-0.2, -0.15) is 0 Å².